The number of ether oxygens (including phenoxy) is 1. The number of halogens is 2. The average Bonchev–Trinajstić information content (AvgIpc) is 3.33. The van der Waals surface area contributed by atoms with Crippen LogP contribution in [0.1, 0.15) is 45.6 Å². The fourth-order valence-corrected chi connectivity index (χ4v) is 5.55. The molecule has 0 radical (unpaired) electrons. The Morgan fingerprint density at radius 1 is 1.19 bits per heavy atom. The molecule has 0 amide bonds. The summed E-state index contributed by atoms with van der Waals surface area (Å²) in [7, 11) is -3.67. The molecule has 10 heteroatoms. The lowest BCUT2D eigenvalue weighted by Gasteiger charge is -2.18. The first kappa shape index (κ1) is 22.5. The van der Waals surface area contributed by atoms with E-state index in [2.05, 4.69) is 14.4 Å². The van der Waals surface area contributed by atoms with Crippen molar-refractivity contribution in [2.24, 2.45) is 0 Å². The molecule has 1 aliphatic carbocycles. The van der Waals surface area contributed by atoms with Gasteiger partial charge in [0, 0.05) is 29.7 Å². The van der Waals surface area contributed by atoms with E-state index in [4.69, 9.17) is 5.73 Å². The first-order valence-corrected chi connectivity index (χ1v) is 12.0. The van der Waals surface area contributed by atoms with E-state index < -0.39 is 16.6 Å². The number of alkyl halides is 2. The SMILES string of the molecule is CC(C)NS(=O)(=O)c1ccc(-c2c(N)c3ccc(OC(F)F)cc3n2C2CCCC2)nc1. The zero-order chi connectivity index (χ0) is 23.0. The molecule has 0 unspecified atom stereocenters. The van der Waals surface area contributed by atoms with Gasteiger partial charge in [-0.25, -0.2) is 13.1 Å². The molecular weight excluding hydrogens is 438 g/mol. The Bertz CT molecular complexity index is 1220. The van der Waals surface area contributed by atoms with E-state index in [1.54, 1.807) is 32.0 Å². The highest BCUT2D eigenvalue weighted by Gasteiger charge is 2.27. The molecule has 2 heterocycles. The fourth-order valence-electron chi connectivity index (χ4n) is 4.35. The number of nitrogen functional groups attached to an aromatic ring is 1. The van der Waals surface area contributed by atoms with Gasteiger partial charge in [-0.15, -0.1) is 0 Å². The number of hydrogen-bond acceptors (Lipinski definition) is 5. The van der Waals surface area contributed by atoms with Crippen molar-refractivity contribution in [3.63, 3.8) is 0 Å². The van der Waals surface area contributed by atoms with Crippen LogP contribution in [-0.2, 0) is 10.0 Å². The van der Waals surface area contributed by atoms with Crippen molar-refractivity contribution < 1.29 is 21.9 Å². The van der Waals surface area contributed by atoms with E-state index in [-0.39, 0.29) is 22.7 Å². The number of sulfonamides is 1. The average molecular weight is 465 g/mol. The lowest BCUT2D eigenvalue weighted by molar-refractivity contribution is -0.0497. The third-order valence-electron chi connectivity index (χ3n) is 5.61. The Kier molecular flexibility index (Phi) is 6.09. The topological polar surface area (TPSA) is 99.2 Å². The van der Waals surface area contributed by atoms with Crippen LogP contribution in [0.2, 0.25) is 0 Å². The molecule has 2 aromatic heterocycles. The van der Waals surface area contributed by atoms with Crippen molar-refractivity contribution in [1.29, 1.82) is 0 Å². The van der Waals surface area contributed by atoms with Gasteiger partial charge in [-0.2, -0.15) is 8.78 Å². The molecule has 4 rings (SSSR count). The van der Waals surface area contributed by atoms with Crippen LogP contribution in [0.15, 0.2) is 41.4 Å². The molecule has 0 aliphatic heterocycles. The van der Waals surface area contributed by atoms with E-state index in [0.29, 0.717) is 28.0 Å². The number of nitrogens with two attached hydrogens (primary N) is 1. The quantitative estimate of drug-likeness (QED) is 0.529. The van der Waals surface area contributed by atoms with E-state index in [1.807, 2.05) is 4.57 Å². The fraction of sp³-hybridized carbons (Fsp3) is 0.409. The van der Waals surface area contributed by atoms with Crippen LogP contribution in [0.25, 0.3) is 22.3 Å². The molecule has 3 N–H and O–H groups in total. The predicted octanol–water partition coefficient (Wildman–Crippen LogP) is 4.69. The molecule has 3 aromatic rings. The summed E-state index contributed by atoms with van der Waals surface area (Å²) in [4.78, 5) is 4.47. The Labute approximate surface area is 185 Å². The van der Waals surface area contributed by atoms with Crippen molar-refractivity contribution in [2.75, 3.05) is 5.73 Å². The molecule has 1 aromatic carbocycles. The summed E-state index contributed by atoms with van der Waals surface area (Å²) in [5, 5.41) is 0.716. The Morgan fingerprint density at radius 3 is 2.50 bits per heavy atom. The van der Waals surface area contributed by atoms with Gasteiger partial charge in [-0.3, -0.25) is 4.98 Å². The summed E-state index contributed by atoms with van der Waals surface area (Å²) in [6.07, 6.45) is 5.29. The minimum atomic E-state index is -3.67. The zero-order valence-corrected chi connectivity index (χ0v) is 18.7. The van der Waals surface area contributed by atoms with Gasteiger partial charge in [0.25, 0.3) is 0 Å². The number of hydrogen-bond donors (Lipinski definition) is 2. The number of anilines is 1. The Balaban J connectivity index is 1.84. The maximum absolute atomic E-state index is 12.8. The third kappa shape index (κ3) is 4.29. The van der Waals surface area contributed by atoms with Crippen LogP contribution < -0.4 is 15.2 Å². The number of nitrogens with zero attached hydrogens (tertiary/aromatic N) is 2. The number of rotatable bonds is 7. The lowest BCUT2D eigenvalue weighted by atomic mass is 10.2. The van der Waals surface area contributed by atoms with E-state index in [9.17, 15) is 17.2 Å². The van der Waals surface area contributed by atoms with Crippen LogP contribution in [-0.4, -0.2) is 30.6 Å². The van der Waals surface area contributed by atoms with Gasteiger partial charge in [0.2, 0.25) is 10.0 Å². The molecule has 32 heavy (non-hydrogen) atoms. The Morgan fingerprint density at radius 2 is 1.91 bits per heavy atom. The normalized spacial score (nSPS) is 15.3. The molecule has 0 atom stereocenters. The van der Waals surface area contributed by atoms with Gasteiger partial charge in [0.15, 0.2) is 0 Å². The zero-order valence-electron chi connectivity index (χ0n) is 17.9. The summed E-state index contributed by atoms with van der Waals surface area (Å²) in [5.41, 5.74) is 8.84. The Hall–Kier alpha value is -2.72. The van der Waals surface area contributed by atoms with Gasteiger partial charge < -0.3 is 15.0 Å². The summed E-state index contributed by atoms with van der Waals surface area (Å²) < 4.78 is 59.6. The van der Waals surface area contributed by atoms with Crippen molar-refractivity contribution in [3.8, 4) is 17.1 Å². The van der Waals surface area contributed by atoms with E-state index in [0.717, 1.165) is 25.7 Å². The smallest absolute Gasteiger partial charge is 0.387 e. The number of benzene rings is 1. The summed E-state index contributed by atoms with van der Waals surface area (Å²) in [5.74, 6) is 0.0601. The van der Waals surface area contributed by atoms with Crippen LogP contribution >= 0.6 is 0 Å². The van der Waals surface area contributed by atoms with Crippen molar-refractivity contribution in [2.45, 2.75) is 63.1 Å². The maximum atomic E-state index is 12.8. The monoisotopic (exact) mass is 464 g/mol. The molecule has 1 saturated carbocycles. The van der Waals surface area contributed by atoms with E-state index in [1.165, 1.54) is 18.3 Å². The molecule has 7 nitrogen and oxygen atoms in total. The lowest BCUT2D eigenvalue weighted by Crippen LogP contribution is -2.30. The van der Waals surface area contributed by atoms with Crippen molar-refractivity contribution >= 4 is 26.6 Å². The highest BCUT2D eigenvalue weighted by Crippen LogP contribution is 2.43. The molecular formula is C22H26F2N4O3S. The van der Waals surface area contributed by atoms with Crippen LogP contribution in [0.5, 0.6) is 5.75 Å². The van der Waals surface area contributed by atoms with E-state index >= 15 is 0 Å². The van der Waals surface area contributed by atoms with Gasteiger partial charge >= 0.3 is 6.61 Å². The van der Waals surface area contributed by atoms with Crippen LogP contribution in [0.4, 0.5) is 14.5 Å². The van der Waals surface area contributed by atoms with Crippen molar-refractivity contribution in [3.05, 3.63) is 36.5 Å². The van der Waals surface area contributed by atoms with Crippen LogP contribution in [0, 0.1) is 0 Å². The molecule has 0 saturated heterocycles. The number of fused-ring (bicyclic) bond motifs is 1. The number of aromatic nitrogens is 2. The van der Waals surface area contributed by atoms with Crippen molar-refractivity contribution in [1.82, 2.24) is 14.3 Å². The summed E-state index contributed by atoms with van der Waals surface area (Å²) in [6.45, 7) is 0.563. The molecule has 0 spiro atoms. The molecule has 172 valence electrons. The van der Waals surface area contributed by atoms with Gasteiger partial charge in [0.05, 0.1) is 22.6 Å². The maximum Gasteiger partial charge on any atom is 0.387 e. The highest BCUT2D eigenvalue weighted by atomic mass is 32.2. The van der Waals surface area contributed by atoms with Crippen LogP contribution in [0.3, 0.4) is 0 Å². The molecule has 1 aliphatic rings. The first-order chi connectivity index (χ1) is 15.2. The van der Waals surface area contributed by atoms with Gasteiger partial charge in [0.1, 0.15) is 10.6 Å². The highest BCUT2D eigenvalue weighted by molar-refractivity contribution is 7.89. The second-order valence-electron chi connectivity index (χ2n) is 8.28. The third-order valence-corrected chi connectivity index (χ3v) is 7.25. The predicted molar refractivity (Wildman–Crippen MR) is 119 cm³/mol. The molecule has 1 fully saturated rings. The summed E-state index contributed by atoms with van der Waals surface area (Å²) >= 11 is 0. The van der Waals surface area contributed by atoms with Gasteiger partial charge in [-0.05, 0) is 51.0 Å². The minimum Gasteiger partial charge on any atom is -0.435 e. The largest absolute Gasteiger partial charge is 0.435 e. The van der Waals surface area contributed by atoms with Gasteiger partial charge in [-0.1, -0.05) is 12.8 Å². The number of nitrogens with one attached hydrogen (secondary N) is 1. The minimum absolute atomic E-state index is 0.0599. The summed E-state index contributed by atoms with van der Waals surface area (Å²) in [6, 6.07) is 7.72. The second-order valence-corrected chi connectivity index (χ2v) is 10.00. The second kappa shape index (κ2) is 8.67. The number of pyridine rings is 1. The first-order valence-electron chi connectivity index (χ1n) is 10.5. The molecule has 0 bridgehead atoms. The standard InChI is InChI=1S/C22H26F2N4O3S/c1-13(2)27-32(29,30)16-8-10-18(26-12-16)21-20(25)17-9-7-15(31-22(23)24)11-19(17)28(21)14-5-3-4-6-14/h7-14,22,27H,3-6,25H2,1-2H3.